The van der Waals surface area contributed by atoms with Gasteiger partial charge in [0.15, 0.2) is 0 Å². The fraction of sp³-hybridized carbons (Fsp3) is 0.0667. The second kappa shape index (κ2) is 6.13. The van der Waals surface area contributed by atoms with Crippen molar-refractivity contribution in [2.45, 2.75) is 6.54 Å². The number of nitrogens with one attached hydrogen (secondary N) is 1. The van der Waals surface area contributed by atoms with Gasteiger partial charge in [-0.2, -0.15) is 0 Å². The lowest BCUT2D eigenvalue weighted by Gasteiger charge is -2.02. The van der Waals surface area contributed by atoms with Gasteiger partial charge in [-0.1, -0.05) is 12.1 Å². The van der Waals surface area contributed by atoms with E-state index in [1.807, 2.05) is 0 Å². The molecule has 1 N–H and O–H groups in total. The fourth-order valence-electron chi connectivity index (χ4n) is 1.81. The number of carbonyl (C=O) groups is 1. The van der Waals surface area contributed by atoms with Crippen LogP contribution in [0.15, 0.2) is 53.1 Å². The van der Waals surface area contributed by atoms with E-state index in [-0.39, 0.29) is 23.9 Å². The molecular formula is C15H11FN4O2. The lowest BCUT2D eigenvalue weighted by molar-refractivity contribution is 0.0947. The minimum atomic E-state index is -0.470. The van der Waals surface area contributed by atoms with Crippen molar-refractivity contribution in [3.8, 4) is 11.6 Å². The highest BCUT2D eigenvalue weighted by Gasteiger charge is 2.11. The number of pyridine rings is 1. The normalized spacial score (nSPS) is 10.4. The smallest absolute Gasteiger partial charge is 0.266 e. The third-order valence-corrected chi connectivity index (χ3v) is 2.84. The summed E-state index contributed by atoms with van der Waals surface area (Å²) < 4.78 is 18.5. The second-order valence-corrected chi connectivity index (χ2v) is 4.41. The summed E-state index contributed by atoms with van der Waals surface area (Å²) >= 11 is 0. The van der Waals surface area contributed by atoms with Crippen LogP contribution in [0.5, 0.6) is 0 Å². The molecular weight excluding hydrogens is 287 g/mol. The molecule has 0 bridgehead atoms. The van der Waals surface area contributed by atoms with Crippen LogP contribution in [0.3, 0.4) is 0 Å². The monoisotopic (exact) mass is 298 g/mol. The van der Waals surface area contributed by atoms with Gasteiger partial charge in [0.05, 0.1) is 6.54 Å². The van der Waals surface area contributed by atoms with Crippen LogP contribution in [0.4, 0.5) is 4.39 Å². The summed E-state index contributed by atoms with van der Waals surface area (Å²) in [5, 5.41) is 10.3. The van der Waals surface area contributed by atoms with Gasteiger partial charge in [-0.05, 0) is 30.3 Å². The molecule has 2 heterocycles. The fourth-order valence-corrected chi connectivity index (χ4v) is 1.81. The summed E-state index contributed by atoms with van der Waals surface area (Å²) in [6, 6.07) is 10.7. The quantitative estimate of drug-likeness (QED) is 0.798. The Bertz CT molecular complexity index is 789. The van der Waals surface area contributed by atoms with Crippen LogP contribution in [0.25, 0.3) is 11.6 Å². The standard InChI is InChI=1S/C15H11FN4O2/c16-11-5-3-4-10(8-11)14(21)18-9-13-19-20-15(22-13)12-6-1-2-7-17-12/h1-8H,9H2,(H,18,21). The van der Waals surface area contributed by atoms with Gasteiger partial charge >= 0.3 is 0 Å². The van der Waals surface area contributed by atoms with Crippen LogP contribution in [0.2, 0.25) is 0 Å². The van der Waals surface area contributed by atoms with E-state index in [0.29, 0.717) is 5.69 Å². The predicted octanol–water partition coefficient (Wildman–Crippen LogP) is 2.20. The van der Waals surface area contributed by atoms with Crippen molar-refractivity contribution in [2.75, 3.05) is 0 Å². The molecule has 0 saturated heterocycles. The molecule has 6 nitrogen and oxygen atoms in total. The lowest BCUT2D eigenvalue weighted by atomic mass is 10.2. The van der Waals surface area contributed by atoms with Crippen molar-refractivity contribution >= 4 is 5.91 Å². The van der Waals surface area contributed by atoms with Crippen LogP contribution in [-0.2, 0) is 6.54 Å². The first-order chi connectivity index (χ1) is 10.7. The molecule has 0 aliphatic carbocycles. The SMILES string of the molecule is O=C(NCc1nnc(-c2ccccn2)o1)c1cccc(F)c1. The molecule has 0 radical (unpaired) electrons. The van der Waals surface area contributed by atoms with Gasteiger partial charge in [-0.25, -0.2) is 4.39 Å². The number of hydrogen-bond donors (Lipinski definition) is 1. The van der Waals surface area contributed by atoms with Crippen LogP contribution < -0.4 is 5.32 Å². The number of hydrogen-bond acceptors (Lipinski definition) is 5. The molecule has 1 aromatic carbocycles. The summed E-state index contributed by atoms with van der Waals surface area (Å²) in [5.41, 5.74) is 0.780. The van der Waals surface area contributed by atoms with Gasteiger partial charge in [-0.3, -0.25) is 9.78 Å². The first-order valence-electron chi connectivity index (χ1n) is 6.50. The van der Waals surface area contributed by atoms with Crippen LogP contribution in [-0.4, -0.2) is 21.1 Å². The summed E-state index contributed by atoms with van der Waals surface area (Å²) in [6.45, 7) is 0.0508. The molecule has 0 aliphatic rings. The topological polar surface area (TPSA) is 80.9 Å². The first kappa shape index (κ1) is 13.9. The number of amides is 1. The average molecular weight is 298 g/mol. The number of nitrogens with zero attached hydrogens (tertiary/aromatic N) is 3. The maximum Gasteiger partial charge on any atom is 0.266 e. The van der Waals surface area contributed by atoms with Crippen molar-refractivity contribution in [1.29, 1.82) is 0 Å². The van der Waals surface area contributed by atoms with Gasteiger partial charge in [-0.15, -0.1) is 10.2 Å². The zero-order chi connectivity index (χ0) is 15.4. The number of halogens is 1. The van der Waals surface area contributed by atoms with Crippen LogP contribution in [0, 0.1) is 5.82 Å². The Morgan fingerprint density at radius 1 is 1.18 bits per heavy atom. The minimum absolute atomic E-state index is 0.0508. The molecule has 0 saturated carbocycles. The third-order valence-electron chi connectivity index (χ3n) is 2.84. The van der Waals surface area contributed by atoms with Crippen molar-refractivity contribution in [3.05, 3.63) is 65.9 Å². The average Bonchev–Trinajstić information content (AvgIpc) is 3.02. The second-order valence-electron chi connectivity index (χ2n) is 4.41. The van der Waals surface area contributed by atoms with Crippen molar-refractivity contribution < 1.29 is 13.6 Å². The molecule has 2 aromatic heterocycles. The van der Waals surface area contributed by atoms with Crippen molar-refractivity contribution in [2.24, 2.45) is 0 Å². The Kier molecular flexibility index (Phi) is 3.86. The first-order valence-corrected chi connectivity index (χ1v) is 6.50. The van der Waals surface area contributed by atoms with E-state index in [1.54, 1.807) is 24.4 Å². The Balaban J connectivity index is 1.65. The molecule has 7 heteroatoms. The molecule has 22 heavy (non-hydrogen) atoms. The predicted molar refractivity (Wildman–Crippen MR) is 75.1 cm³/mol. The maximum atomic E-state index is 13.1. The Hall–Kier alpha value is -3.09. The summed E-state index contributed by atoms with van der Waals surface area (Å²) in [6.07, 6.45) is 1.62. The van der Waals surface area contributed by atoms with E-state index >= 15 is 0 Å². The van der Waals surface area contributed by atoms with E-state index in [2.05, 4.69) is 20.5 Å². The van der Waals surface area contributed by atoms with Gasteiger partial charge in [0.1, 0.15) is 11.5 Å². The van der Waals surface area contributed by atoms with Gasteiger partial charge < -0.3 is 9.73 Å². The molecule has 0 fully saturated rings. The van der Waals surface area contributed by atoms with Gasteiger partial charge in [0.25, 0.3) is 11.8 Å². The summed E-state index contributed by atoms with van der Waals surface area (Å²) in [5.74, 6) is -0.374. The summed E-state index contributed by atoms with van der Waals surface area (Å²) in [4.78, 5) is 16.0. The van der Waals surface area contributed by atoms with E-state index in [1.165, 1.54) is 18.2 Å². The molecule has 0 spiro atoms. The number of rotatable bonds is 4. The Morgan fingerprint density at radius 3 is 2.86 bits per heavy atom. The zero-order valence-electron chi connectivity index (χ0n) is 11.4. The largest absolute Gasteiger partial charge is 0.417 e. The highest BCUT2D eigenvalue weighted by molar-refractivity contribution is 5.94. The van der Waals surface area contributed by atoms with Crippen LogP contribution in [0.1, 0.15) is 16.2 Å². The minimum Gasteiger partial charge on any atom is -0.417 e. The number of aromatic nitrogens is 3. The molecule has 0 aliphatic heterocycles. The lowest BCUT2D eigenvalue weighted by Crippen LogP contribution is -2.23. The van der Waals surface area contributed by atoms with Crippen molar-refractivity contribution in [1.82, 2.24) is 20.5 Å². The van der Waals surface area contributed by atoms with Gasteiger partial charge in [0.2, 0.25) is 5.89 Å². The van der Waals surface area contributed by atoms with E-state index < -0.39 is 11.7 Å². The van der Waals surface area contributed by atoms with Crippen molar-refractivity contribution in [3.63, 3.8) is 0 Å². The van der Waals surface area contributed by atoms with Gasteiger partial charge in [0, 0.05) is 11.8 Å². The Labute approximate surface area is 125 Å². The molecule has 3 rings (SSSR count). The van der Waals surface area contributed by atoms with E-state index in [0.717, 1.165) is 6.07 Å². The molecule has 0 unspecified atom stereocenters. The highest BCUT2D eigenvalue weighted by atomic mass is 19.1. The highest BCUT2D eigenvalue weighted by Crippen LogP contribution is 2.14. The molecule has 1 amide bonds. The molecule has 0 atom stereocenters. The third kappa shape index (κ3) is 3.14. The molecule has 110 valence electrons. The maximum absolute atomic E-state index is 13.1. The van der Waals surface area contributed by atoms with E-state index in [4.69, 9.17) is 4.42 Å². The molecule has 3 aromatic rings. The zero-order valence-corrected chi connectivity index (χ0v) is 11.4. The summed E-state index contributed by atoms with van der Waals surface area (Å²) in [7, 11) is 0. The Morgan fingerprint density at radius 2 is 2.09 bits per heavy atom. The van der Waals surface area contributed by atoms with E-state index in [9.17, 15) is 9.18 Å². The number of carbonyl (C=O) groups excluding carboxylic acids is 1. The number of benzene rings is 1. The van der Waals surface area contributed by atoms with Crippen LogP contribution >= 0.6 is 0 Å².